The fourth-order valence-electron chi connectivity index (χ4n) is 3.08. The molecule has 2 heteroatoms. The molecule has 1 fully saturated rings. The molecule has 0 spiro atoms. The summed E-state index contributed by atoms with van der Waals surface area (Å²) in [4.78, 5) is 0. The molecule has 0 radical (unpaired) electrons. The topological polar surface area (TPSA) is 21.3 Å². The first-order valence-electron chi connectivity index (χ1n) is 7.78. The van der Waals surface area contributed by atoms with Gasteiger partial charge in [0, 0.05) is 12.6 Å². The summed E-state index contributed by atoms with van der Waals surface area (Å²) in [6, 6.07) is 9.19. The lowest BCUT2D eigenvalue weighted by atomic mass is 9.83. The van der Waals surface area contributed by atoms with Gasteiger partial charge in [-0.2, -0.15) is 0 Å². The summed E-state index contributed by atoms with van der Waals surface area (Å²) < 4.78 is 5.47. The summed E-state index contributed by atoms with van der Waals surface area (Å²) in [5.41, 5.74) is 1.35. The summed E-state index contributed by atoms with van der Waals surface area (Å²) in [5, 5.41) is 3.75. The van der Waals surface area contributed by atoms with E-state index in [0.717, 1.165) is 24.8 Å². The Labute approximate surface area is 117 Å². The molecule has 2 unspecified atom stereocenters. The van der Waals surface area contributed by atoms with Crippen LogP contribution in [0.25, 0.3) is 0 Å². The van der Waals surface area contributed by atoms with E-state index in [1.54, 1.807) is 0 Å². The molecule has 2 nitrogen and oxygen atoms in total. The monoisotopic (exact) mass is 261 g/mol. The van der Waals surface area contributed by atoms with E-state index < -0.39 is 0 Å². The summed E-state index contributed by atoms with van der Waals surface area (Å²) in [7, 11) is 0. The van der Waals surface area contributed by atoms with E-state index in [1.807, 2.05) is 6.92 Å². The number of ether oxygens (including phenoxy) is 1. The zero-order valence-electron chi connectivity index (χ0n) is 12.3. The molecule has 1 aliphatic rings. The van der Waals surface area contributed by atoms with Crippen LogP contribution in [0.15, 0.2) is 24.3 Å². The van der Waals surface area contributed by atoms with Crippen LogP contribution in [0.2, 0.25) is 0 Å². The van der Waals surface area contributed by atoms with Crippen LogP contribution in [0.4, 0.5) is 0 Å². The lowest BCUT2D eigenvalue weighted by molar-refractivity contribution is 0.254. The minimum absolute atomic E-state index is 0.713. The van der Waals surface area contributed by atoms with Crippen LogP contribution >= 0.6 is 0 Å². The quantitative estimate of drug-likeness (QED) is 0.831. The maximum atomic E-state index is 5.47. The lowest BCUT2D eigenvalue weighted by Gasteiger charge is -2.31. The molecule has 19 heavy (non-hydrogen) atoms. The molecule has 2 rings (SSSR count). The average Bonchev–Trinajstić information content (AvgIpc) is 2.47. The summed E-state index contributed by atoms with van der Waals surface area (Å²) in [6.07, 6.45) is 6.85. The van der Waals surface area contributed by atoms with Crippen molar-refractivity contribution >= 4 is 0 Å². The molecule has 0 aromatic heterocycles. The first-order valence-corrected chi connectivity index (χ1v) is 7.78. The van der Waals surface area contributed by atoms with E-state index in [2.05, 4.69) is 36.5 Å². The predicted octanol–water partition coefficient (Wildman–Crippen LogP) is 4.14. The highest BCUT2D eigenvalue weighted by Crippen LogP contribution is 2.27. The van der Waals surface area contributed by atoms with E-state index in [9.17, 15) is 0 Å². The summed E-state index contributed by atoms with van der Waals surface area (Å²) in [6.45, 7) is 6.05. The van der Waals surface area contributed by atoms with Gasteiger partial charge in [-0.15, -0.1) is 0 Å². The molecule has 1 aliphatic carbocycles. The Kier molecular flexibility index (Phi) is 5.71. The Morgan fingerprint density at radius 1 is 1.11 bits per heavy atom. The van der Waals surface area contributed by atoms with Gasteiger partial charge in [0.2, 0.25) is 0 Å². The van der Waals surface area contributed by atoms with Crippen molar-refractivity contribution in [2.75, 3.05) is 6.61 Å². The van der Waals surface area contributed by atoms with Crippen LogP contribution in [0.5, 0.6) is 5.75 Å². The van der Waals surface area contributed by atoms with Crippen molar-refractivity contribution in [3.8, 4) is 5.75 Å². The van der Waals surface area contributed by atoms with Gasteiger partial charge in [-0.3, -0.25) is 0 Å². The summed E-state index contributed by atoms with van der Waals surface area (Å²) in [5.74, 6) is 1.84. The molecule has 0 heterocycles. The van der Waals surface area contributed by atoms with Crippen molar-refractivity contribution in [3.05, 3.63) is 29.8 Å². The van der Waals surface area contributed by atoms with Crippen LogP contribution < -0.4 is 10.1 Å². The molecule has 2 atom stereocenters. The molecule has 1 aromatic rings. The van der Waals surface area contributed by atoms with Crippen molar-refractivity contribution in [1.29, 1.82) is 0 Å². The first-order chi connectivity index (χ1) is 9.33. The Morgan fingerprint density at radius 2 is 1.84 bits per heavy atom. The van der Waals surface area contributed by atoms with Crippen LogP contribution in [-0.2, 0) is 6.54 Å². The van der Waals surface area contributed by atoms with Crippen molar-refractivity contribution in [3.63, 3.8) is 0 Å². The van der Waals surface area contributed by atoms with Crippen molar-refractivity contribution in [1.82, 2.24) is 5.32 Å². The molecule has 1 aromatic carbocycles. The fourth-order valence-corrected chi connectivity index (χ4v) is 3.08. The molecule has 106 valence electrons. The average molecular weight is 261 g/mol. The lowest BCUT2D eigenvalue weighted by Crippen LogP contribution is -2.37. The number of hydrogen-bond acceptors (Lipinski definition) is 2. The van der Waals surface area contributed by atoms with Crippen molar-refractivity contribution < 1.29 is 4.74 Å². The molecule has 0 saturated heterocycles. The third-order valence-corrected chi connectivity index (χ3v) is 4.24. The molecule has 0 bridgehead atoms. The van der Waals surface area contributed by atoms with Gasteiger partial charge >= 0.3 is 0 Å². The Hall–Kier alpha value is -1.02. The van der Waals surface area contributed by atoms with Crippen LogP contribution in [0.1, 0.15) is 51.5 Å². The molecule has 1 saturated carbocycles. The highest BCUT2D eigenvalue weighted by atomic mass is 16.5. The Balaban J connectivity index is 1.83. The number of nitrogens with one attached hydrogen (secondary N) is 1. The van der Waals surface area contributed by atoms with E-state index in [0.29, 0.717) is 6.04 Å². The van der Waals surface area contributed by atoms with Crippen LogP contribution in [-0.4, -0.2) is 12.6 Å². The van der Waals surface area contributed by atoms with E-state index in [4.69, 9.17) is 4.74 Å². The zero-order chi connectivity index (χ0) is 13.5. The minimum atomic E-state index is 0.713. The number of rotatable bonds is 6. The van der Waals surface area contributed by atoms with Gasteiger partial charge in [0.15, 0.2) is 0 Å². The largest absolute Gasteiger partial charge is 0.494 e. The fraction of sp³-hybridized carbons (Fsp3) is 0.647. The Morgan fingerprint density at radius 3 is 2.53 bits per heavy atom. The van der Waals surface area contributed by atoms with E-state index in [1.165, 1.54) is 37.7 Å². The zero-order valence-corrected chi connectivity index (χ0v) is 12.3. The van der Waals surface area contributed by atoms with E-state index >= 15 is 0 Å². The van der Waals surface area contributed by atoms with Gasteiger partial charge < -0.3 is 10.1 Å². The predicted molar refractivity (Wildman–Crippen MR) is 80.5 cm³/mol. The maximum absolute atomic E-state index is 5.47. The van der Waals surface area contributed by atoms with Crippen molar-refractivity contribution in [2.24, 2.45) is 5.92 Å². The Bertz CT molecular complexity index is 360. The normalized spacial score (nSPS) is 23.3. The highest BCUT2D eigenvalue weighted by Gasteiger charge is 2.22. The molecule has 0 aliphatic heterocycles. The molecular formula is C17H27NO. The van der Waals surface area contributed by atoms with Crippen LogP contribution in [0, 0.1) is 5.92 Å². The number of hydrogen-bond donors (Lipinski definition) is 1. The molecular weight excluding hydrogens is 234 g/mol. The van der Waals surface area contributed by atoms with Gasteiger partial charge in [0.05, 0.1) is 6.61 Å². The van der Waals surface area contributed by atoms with Gasteiger partial charge in [-0.25, -0.2) is 0 Å². The molecule has 0 amide bonds. The third-order valence-electron chi connectivity index (χ3n) is 4.24. The van der Waals surface area contributed by atoms with Gasteiger partial charge in [-0.05, 0) is 43.4 Å². The van der Waals surface area contributed by atoms with E-state index in [-0.39, 0.29) is 0 Å². The highest BCUT2D eigenvalue weighted by molar-refractivity contribution is 5.27. The second kappa shape index (κ2) is 7.54. The van der Waals surface area contributed by atoms with Gasteiger partial charge in [-0.1, -0.05) is 38.3 Å². The van der Waals surface area contributed by atoms with Crippen LogP contribution in [0.3, 0.4) is 0 Å². The second-order valence-electron chi connectivity index (χ2n) is 5.52. The molecule has 1 N–H and O–H groups in total. The van der Waals surface area contributed by atoms with Gasteiger partial charge in [0.25, 0.3) is 0 Å². The third kappa shape index (κ3) is 4.24. The first kappa shape index (κ1) is 14.4. The summed E-state index contributed by atoms with van der Waals surface area (Å²) >= 11 is 0. The smallest absolute Gasteiger partial charge is 0.119 e. The van der Waals surface area contributed by atoms with Crippen molar-refractivity contribution in [2.45, 2.75) is 58.5 Å². The number of benzene rings is 1. The standard InChI is InChI=1S/C17H27NO/c1-3-15-7-5-6-8-17(15)18-13-14-9-11-16(12-10-14)19-4-2/h9-12,15,17-18H,3-8,13H2,1-2H3. The second-order valence-corrected chi connectivity index (χ2v) is 5.52. The SMILES string of the molecule is CCOc1ccc(CNC2CCCCC2CC)cc1. The van der Waals surface area contributed by atoms with Gasteiger partial charge in [0.1, 0.15) is 5.75 Å². The minimum Gasteiger partial charge on any atom is -0.494 e. The maximum Gasteiger partial charge on any atom is 0.119 e.